The summed E-state index contributed by atoms with van der Waals surface area (Å²) < 4.78 is 24.8. The molecule has 1 saturated heterocycles. The van der Waals surface area contributed by atoms with Gasteiger partial charge in [-0.3, -0.25) is 0 Å². The maximum absolute atomic E-state index is 13.8. The minimum absolute atomic E-state index is 0.0529. The van der Waals surface area contributed by atoms with Gasteiger partial charge in [0.2, 0.25) is 5.88 Å². The number of carbonyl (C=O) groups is 1. The van der Waals surface area contributed by atoms with Gasteiger partial charge in [-0.15, -0.1) is 0 Å². The molecule has 6 nitrogen and oxygen atoms in total. The SMILES string of the molecule is CCOC[C@@H]1CCCN1C(=O)Nc1cccnc1Oc1ccccc1F. The molecule has 0 bridgehead atoms. The number of para-hydroxylation sites is 1. The Labute approximate surface area is 151 Å². The summed E-state index contributed by atoms with van der Waals surface area (Å²) in [5.74, 6) is -0.296. The van der Waals surface area contributed by atoms with E-state index in [1.165, 1.54) is 18.3 Å². The number of halogens is 1. The third-order valence-electron chi connectivity index (χ3n) is 4.21. The number of amides is 2. The van der Waals surface area contributed by atoms with Crippen molar-refractivity contribution in [3.05, 3.63) is 48.4 Å². The first-order valence-corrected chi connectivity index (χ1v) is 8.71. The number of anilines is 1. The first-order chi connectivity index (χ1) is 12.7. The van der Waals surface area contributed by atoms with Crippen LogP contribution in [0.15, 0.2) is 42.6 Å². The van der Waals surface area contributed by atoms with Crippen molar-refractivity contribution in [2.75, 3.05) is 25.1 Å². The van der Waals surface area contributed by atoms with Gasteiger partial charge in [0.05, 0.1) is 12.6 Å². The predicted octanol–water partition coefficient (Wildman–Crippen LogP) is 4.05. The lowest BCUT2D eigenvalue weighted by Gasteiger charge is -2.25. The van der Waals surface area contributed by atoms with E-state index >= 15 is 0 Å². The highest BCUT2D eigenvalue weighted by Crippen LogP contribution is 2.29. The second-order valence-electron chi connectivity index (χ2n) is 5.97. The van der Waals surface area contributed by atoms with Crippen LogP contribution in [0.25, 0.3) is 0 Å². The smallest absolute Gasteiger partial charge is 0.322 e. The van der Waals surface area contributed by atoms with E-state index < -0.39 is 5.82 Å². The Morgan fingerprint density at radius 3 is 3.00 bits per heavy atom. The summed E-state index contributed by atoms with van der Waals surface area (Å²) in [6, 6.07) is 9.24. The Morgan fingerprint density at radius 1 is 1.35 bits per heavy atom. The fourth-order valence-electron chi connectivity index (χ4n) is 2.92. The van der Waals surface area contributed by atoms with Crippen molar-refractivity contribution in [1.29, 1.82) is 0 Å². The van der Waals surface area contributed by atoms with Crippen molar-refractivity contribution in [3.63, 3.8) is 0 Å². The number of nitrogens with one attached hydrogen (secondary N) is 1. The molecular weight excluding hydrogens is 337 g/mol. The molecule has 1 aliphatic rings. The topological polar surface area (TPSA) is 63.7 Å². The number of nitrogens with zero attached hydrogens (tertiary/aromatic N) is 2. The number of carbonyl (C=O) groups excluding carboxylic acids is 1. The highest BCUT2D eigenvalue weighted by Gasteiger charge is 2.29. The van der Waals surface area contributed by atoms with Gasteiger partial charge in [-0.25, -0.2) is 14.2 Å². The van der Waals surface area contributed by atoms with Crippen LogP contribution >= 0.6 is 0 Å². The number of urea groups is 1. The quantitative estimate of drug-likeness (QED) is 0.845. The number of ether oxygens (including phenoxy) is 2. The van der Waals surface area contributed by atoms with E-state index in [2.05, 4.69) is 10.3 Å². The van der Waals surface area contributed by atoms with E-state index in [0.717, 1.165) is 12.8 Å². The molecule has 0 aliphatic carbocycles. The number of hydrogen-bond acceptors (Lipinski definition) is 4. The molecule has 26 heavy (non-hydrogen) atoms. The zero-order valence-corrected chi connectivity index (χ0v) is 14.7. The predicted molar refractivity (Wildman–Crippen MR) is 96.0 cm³/mol. The summed E-state index contributed by atoms with van der Waals surface area (Å²) in [5.41, 5.74) is 0.391. The third kappa shape index (κ3) is 4.29. The standard InChI is InChI=1S/C19H22FN3O3/c1-2-25-13-14-7-6-12-23(14)19(24)22-16-9-5-11-21-18(16)26-17-10-4-3-8-15(17)20/h3-5,8-11,14H,2,6-7,12-13H2,1H3,(H,22,24)/t14-/m0/s1. The number of benzene rings is 1. The monoisotopic (exact) mass is 359 g/mol. The Balaban J connectivity index is 1.72. The molecule has 2 amide bonds. The van der Waals surface area contributed by atoms with Gasteiger partial charge in [-0.2, -0.15) is 0 Å². The van der Waals surface area contributed by atoms with Crippen LogP contribution in [0.5, 0.6) is 11.6 Å². The molecule has 1 fully saturated rings. The maximum Gasteiger partial charge on any atom is 0.322 e. The minimum Gasteiger partial charge on any atom is -0.434 e. The molecular formula is C19H22FN3O3. The highest BCUT2D eigenvalue weighted by molar-refractivity contribution is 5.91. The molecule has 1 aliphatic heterocycles. The number of aromatic nitrogens is 1. The van der Waals surface area contributed by atoms with E-state index in [-0.39, 0.29) is 23.7 Å². The Bertz CT molecular complexity index is 756. The van der Waals surface area contributed by atoms with Crippen LogP contribution in [0.1, 0.15) is 19.8 Å². The number of pyridine rings is 1. The molecule has 1 aromatic carbocycles. The van der Waals surface area contributed by atoms with Gasteiger partial charge in [0.15, 0.2) is 11.6 Å². The van der Waals surface area contributed by atoms with E-state index in [4.69, 9.17) is 9.47 Å². The molecule has 2 aromatic rings. The van der Waals surface area contributed by atoms with Gasteiger partial charge < -0.3 is 19.7 Å². The van der Waals surface area contributed by atoms with E-state index in [9.17, 15) is 9.18 Å². The summed E-state index contributed by atoms with van der Waals surface area (Å²) in [7, 11) is 0. The van der Waals surface area contributed by atoms with Crippen LogP contribution in [-0.2, 0) is 4.74 Å². The van der Waals surface area contributed by atoms with Crippen molar-refractivity contribution < 1.29 is 18.7 Å². The van der Waals surface area contributed by atoms with Crippen molar-refractivity contribution >= 4 is 11.7 Å². The van der Waals surface area contributed by atoms with Gasteiger partial charge in [0.1, 0.15) is 5.69 Å². The van der Waals surface area contributed by atoms with E-state index in [0.29, 0.717) is 25.4 Å². The maximum atomic E-state index is 13.8. The first-order valence-electron chi connectivity index (χ1n) is 8.71. The molecule has 0 saturated carbocycles. The molecule has 0 spiro atoms. The van der Waals surface area contributed by atoms with E-state index in [1.54, 1.807) is 29.2 Å². The molecule has 1 aromatic heterocycles. The molecule has 2 heterocycles. The van der Waals surface area contributed by atoms with E-state index in [1.807, 2.05) is 6.92 Å². The summed E-state index contributed by atoms with van der Waals surface area (Å²) in [6.45, 7) is 3.75. The Morgan fingerprint density at radius 2 is 2.19 bits per heavy atom. The molecule has 3 rings (SSSR count). The van der Waals surface area contributed by atoms with Crippen LogP contribution < -0.4 is 10.1 Å². The van der Waals surface area contributed by atoms with Crippen LogP contribution in [0.2, 0.25) is 0 Å². The second-order valence-corrected chi connectivity index (χ2v) is 5.97. The van der Waals surface area contributed by atoms with Gasteiger partial charge in [0.25, 0.3) is 0 Å². The number of likely N-dealkylation sites (tertiary alicyclic amines) is 1. The second kappa shape index (κ2) is 8.62. The van der Waals surface area contributed by atoms with Gasteiger partial charge in [0, 0.05) is 19.3 Å². The lowest BCUT2D eigenvalue weighted by molar-refractivity contribution is 0.0970. The third-order valence-corrected chi connectivity index (χ3v) is 4.21. The first kappa shape index (κ1) is 18.1. The zero-order valence-electron chi connectivity index (χ0n) is 14.7. The van der Waals surface area contributed by atoms with Crippen molar-refractivity contribution in [3.8, 4) is 11.6 Å². The lowest BCUT2D eigenvalue weighted by Crippen LogP contribution is -2.41. The van der Waals surface area contributed by atoms with Gasteiger partial charge in [-0.05, 0) is 44.0 Å². The normalized spacial score (nSPS) is 16.5. The summed E-state index contributed by atoms with van der Waals surface area (Å²) in [5, 5.41) is 2.82. The summed E-state index contributed by atoms with van der Waals surface area (Å²) in [4.78, 5) is 18.5. The Kier molecular flexibility index (Phi) is 6.01. The van der Waals surface area contributed by atoms with Gasteiger partial charge in [-0.1, -0.05) is 12.1 Å². The van der Waals surface area contributed by atoms with Crippen LogP contribution in [0.3, 0.4) is 0 Å². The summed E-state index contributed by atoms with van der Waals surface area (Å²) in [6.07, 6.45) is 3.38. The lowest BCUT2D eigenvalue weighted by atomic mass is 10.2. The van der Waals surface area contributed by atoms with Crippen LogP contribution in [-0.4, -0.2) is 41.7 Å². The van der Waals surface area contributed by atoms with Crippen LogP contribution in [0, 0.1) is 5.82 Å². The highest BCUT2D eigenvalue weighted by atomic mass is 19.1. The molecule has 0 radical (unpaired) electrons. The largest absolute Gasteiger partial charge is 0.434 e. The summed E-state index contributed by atoms with van der Waals surface area (Å²) >= 11 is 0. The molecule has 1 atom stereocenters. The Hall–Kier alpha value is -2.67. The van der Waals surface area contributed by atoms with Gasteiger partial charge >= 0.3 is 6.03 Å². The average Bonchev–Trinajstić information content (AvgIpc) is 3.12. The molecule has 0 unspecified atom stereocenters. The molecule has 7 heteroatoms. The van der Waals surface area contributed by atoms with Crippen LogP contribution in [0.4, 0.5) is 14.9 Å². The number of rotatable bonds is 6. The van der Waals surface area contributed by atoms with Crippen molar-refractivity contribution in [2.24, 2.45) is 0 Å². The average molecular weight is 359 g/mol. The minimum atomic E-state index is -0.494. The fraction of sp³-hybridized carbons (Fsp3) is 0.368. The molecule has 138 valence electrons. The fourth-order valence-corrected chi connectivity index (χ4v) is 2.92. The van der Waals surface area contributed by atoms with Crippen molar-refractivity contribution in [1.82, 2.24) is 9.88 Å². The zero-order chi connectivity index (χ0) is 18.4. The van der Waals surface area contributed by atoms with Crippen molar-refractivity contribution in [2.45, 2.75) is 25.8 Å². The number of hydrogen-bond donors (Lipinski definition) is 1. The molecule has 1 N–H and O–H groups in total.